The number of hydrogen-bond acceptors (Lipinski definition) is 6. The van der Waals surface area contributed by atoms with E-state index in [-0.39, 0.29) is 6.42 Å². The molecule has 0 amide bonds. The van der Waals surface area contributed by atoms with Crippen LogP contribution >= 0.6 is 11.3 Å². The summed E-state index contributed by atoms with van der Waals surface area (Å²) in [6, 6.07) is 9.45. The lowest BCUT2D eigenvalue weighted by molar-refractivity contribution is -0.136. The van der Waals surface area contributed by atoms with Gasteiger partial charge in [-0.05, 0) is 36.2 Å². The molecule has 0 bridgehead atoms. The fourth-order valence-corrected chi connectivity index (χ4v) is 4.07. The average molecular weight is 438 g/mol. The van der Waals surface area contributed by atoms with E-state index in [1.54, 1.807) is 23.7 Å². The molecule has 3 heterocycles. The van der Waals surface area contributed by atoms with Crippen molar-refractivity contribution in [2.75, 3.05) is 13.2 Å². The van der Waals surface area contributed by atoms with Gasteiger partial charge in [-0.15, -0.1) is 11.3 Å². The third kappa shape index (κ3) is 5.21. The molecule has 160 valence electrons. The van der Waals surface area contributed by atoms with Gasteiger partial charge in [0.2, 0.25) is 5.88 Å². The molecule has 0 spiro atoms. The van der Waals surface area contributed by atoms with Crippen LogP contribution in [0.4, 0.5) is 0 Å². The fourth-order valence-electron chi connectivity index (χ4n) is 3.18. The van der Waals surface area contributed by atoms with Gasteiger partial charge in [-0.1, -0.05) is 6.92 Å². The first-order valence-corrected chi connectivity index (χ1v) is 11.0. The van der Waals surface area contributed by atoms with E-state index in [0.717, 1.165) is 39.2 Å². The summed E-state index contributed by atoms with van der Waals surface area (Å²) in [5, 5.41) is 12.9. The molecule has 4 aromatic rings. The number of aromatic amines is 1. The van der Waals surface area contributed by atoms with Gasteiger partial charge in [0.05, 0.1) is 25.3 Å². The predicted molar refractivity (Wildman–Crippen MR) is 120 cm³/mol. The molecule has 31 heavy (non-hydrogen) atoms. The van der Waals surface area contributed by atoms with Gasteiger partial charge in [-0.3, -0.25) is 4.79 Å². The number of nitrogens with zero attached hydrogens (tertiary/aromatic N) is 2. The van der Waals surface area contributed by atoms with Gasteiger partial charge >= 0.3 is 5.97 Å². The second kappa shape index (κ2) is 9.61. The molecule has 0 unspecified atom stereocenters. The van der Waals surface area contributed by atoms with E-state index in [1.807, 2.05) is 30.3 Å². The van der Waals surface area contributed by atoms with Gasteiger partial charge < -0.3 is 19.6 Å². The van der Waals surface area contributed by atoms with Crippen molar-refractivity contribution < 1.29 is 19.4 Å². The van der Waals surface area contributed by atoms with E-state index < -0.39 is 5.97 Å². The topological polar surface area (TPSA) is 97.3 Å². The molecule has 0 radical (unpaired) electrons. The van der Waals surface area contributed by atoms with Crippen LogP contribution in [0.5, 0.6) is 11.6 Å². The zero-order valence-electron chi connectivity index (χ0n) is 17.1. The number of carboxylic acids is 1. The lowest BCUT2D eigenvalue weighted by Gasteiger charge is -2.08. The number of fused-ring (bicyclic) bond motifs is 1. The molecule has 8 heteroatoms. The van der Waals surface area contributed by atoms with Crippen LogP contribution in [0.1, 0.15) is 24.6 Å². The summed E-state index contributed by atoms with van der Waals surface area (Å²) in [4.78, 5) is 23.0. The van der Waals surface area contributed by atoms with Crippen LogP contribution in [0, 0.1) is 0 Å². The smallest absolute Gasteiger partial charge is 0.307 e. The number of hydrogen-bond donors (Lipinski definition) is 2. The van der Waals surface area contributed by atoms with Crippen molar-refractivity contribution in [2.24, 2.45) is 0 Å². The summed E-state index contributed by atoms with van der Waals surface area (Å²) in [6.07, 6.45) is 5.11. The van der Waals surface area contributed by atoms with Gasteiger partial charge in [-0.2, -0.15) is 0 Å². The first-order chi connectivity index (χ1) is 15.1. The standard InChI is InChI=1S/C23H23N3O4S/c1-2-17-14-31-23(26-17)15-4-7-21(25-12-15)30-9-3-8-29-18-5-6-20-19(11-18)16(13-24-20)10-22(27)28/h4-7,11-14,24H,2-3,8-10H2,1H3,(H,27,28). The average Bonchev–Trinajstić information content (AvgIpc) is 3.41. The highest BCUT2D eigenvalue weighted by Crippen LogP contribution is 2.25. The van der Waals surface area contributed by atoms with Crippen LogP contribution in [0.15, 0.2) is 48.1 Å². The maximum Gasteiger partial charge on any atom is 0.307 e. The van der Waals surface area contributed by atoms with Gasteiger partial charge in [0, 0.05) is 46.7 Å². The summed E-state index contributed by atoms with van der Waals surface area (Å²) in [7, 11) is 0. The Morgan fingerprint density at radius 1 is 1.19 bits per heavy atom. The summed E-state index contributed by atoms with van der Waals surface area (Å²) in [5.74, 6) is 0.419. The van der Waals surface area contributed by atoms with Crippen molar-refractivity contribution in [1.82, 2.24) is 15.0 Å². The van der Waals surface area contributed by atoms with E-state index in [2.05, 4.69) is 27.3 Å². The largest absolute Gasteiger partial charge is 0.493 e. The van der Waals surface area contributed by atoms with Crippen molar-refractivity contribution in [3.63, 3.8) is 0 Å². The maximum absolute atomic E-state index is 11.0. The second-order valence-electron chi connectivity index (χ2n) is 7.02. The number of aromatic nitrogens is 3. The number of H-pyrrole nitrogens is 1. The highest BCUT2D eigenvalue weighted by Gasteiger charge is 2.09. The molecule has 0 aliphatic heterocycles. The number of ether oxygens (including phenoxy) is 2. The van der Waals surface area contributed by atoms with Crippen LogP contribution in [-0.4, -0.2) is 39.2 Å². The molecule has 0 saturated heterocycles. The van der Waals surface area contributed by atoms with E-state index in [4.69, 9.17) is 14.6 Å². The van der Waals surface area contributed by atoms with Gasteiger partial charge in [0.1, 0.15) is 10.8 Å². The van der Waals surface area contributed by atoms with E-state index in [1.165, 1.54) is 0 Å². The number of aliphatic carboxylic acids is 1. The van der Waals surface area contributed by atoms with E-state index >= 15 is 0 Å². The molecule has 0 aliphatic carbocycles. The third-order valence-electron chi connectivity index (χ3n) is 4.79. The first kappa shape index (κ1) is 20.9. The Kier molecular flexibility index (Phi) is 6.47. The number of rotatable bonds is 10. The van der Waals surface area contributed by atoms with Crippen LogP contribution < -0.4 is 9.47 Å². The zero-order chi connectivity index (χ0) is 21.6. The number of carboxylic acid groups (broad SMARTS) is 1. The second-order valence-corrected chi connectivity index (χ2v) is 7.88. The molecule has 3 aromatic heterocycles. The van der Waals surface area contributed by atoms with Crippen LogP contribution in [-0.2, 0) is 17.6 Å². The summed E-state index contributed by atoms with van der Waals surface area (Å²) in [6.45, 7) is 3.06. The number of pyridine rings is 1. The molecule has 0 aliphatic rings. The van der Waals surface area contributed by atoms with E-state index in [9.17, 15) is 4.79 Å². The molecule has 0 atom stereocenters. The van der Waals surface area contributed by atoms with Crippen molar-refractivity contribution in [3.8, 4) is 22.2 Å². The zero-order valence-corrected chi connectivity index (χ0v) is 17.9. The quantitative estimate of drug-likeness (QED) is 0.348. The molecule has 0 saturated carbocycles. The first-order valence-electron chi connectivity index (χ1n) is 10.1. The maximum atomic E-state index is 11.0. The SMILES string of the molecule is CCc1csc(-c2ccc(OCCCOc3ccc4[nH]cc(CC(=O)O)c4c3)nc2)n1. The minimum atomic E-state index is -0.858. The Morgan fingerprint density at radius 3 is 2.81 bits per heavy atom. The molecule has 7 nitrogen and oxygen atoms in total. The Morgan fingerprint density at radius 2 is 2.06 bits per heavy atom. The highest BCUT2D eigenvalue weighted by atomic mass is 32.1. The Bertz CT molecular complexity index is 1170. The van der Waals surface area contributed by atoms with Crippen LogP contribution in [0.25, 0.3) is 21.5 Å². The predicted octanol–water partition coefficient (Wildman–Crippen LogP) is 4.72. The van der Waals surface area contributed by atoms with Gasteiger partial charge in [-0.25, -0.2) is 9.97 Å². The van der Waals surface area contributed by atoms with Crippen molar-refractivity contribution >= 4 is 28.2 Å². The van der Waals surface area contributed by atoms with Crippen LogP contribution in [0.3, 0.4) is 0 Å². The monoisotopic (exact) mass is 437 g/mol. The highest BCUT2D eigenvalue weighted by molar-refractivity contribution is 7.13. The molecule has 1 aromatic carbocycles. The van der Waals surface area contributed by atoms with Crippen molar-refractivity contribution in [2.45, 2.75) is 26.2 Å². The number of benzene rings is 1. The minimum Gasteiger partial charge on any atom is -0.493 e. The van der Waals surface area contributed by atoms with Crippen molar-refractivity contribution in [1.29, 1.82) is 0 Å². The summed E-state index contributed by atoms with van der Waals surface area (Å²) in [5.41, 5.74) is 3.72. The summed E-state index contributed by atoms with van der Waals surface area (Å²) < 4.78 is 11.5. The number of nitrogens with one attached hydrogen (secondary N) is 1. The Labute approximate surface area is 183 Å². The van der Waals surface area contributed by atoms with Crippen LogP contribution in [0.2, 0.25) is 0 Å². The van der Waals surface area contributed by atoms with Gasteiger partial charge in [0.15, 0.2) is 0 Å². The molecular weight excluding hydrogens is 414 g/mol. The molecule has 4 rings (SSSR count). The Hall–Kier alpha value is -3.39. The third-order valence-corrected chi connectivity index (χ3v) is 5.73. The minimum absolute atomic E-state index is 0.0224. The van der Waals surface area contributed by atoms with Crippen molar-refractivity contribution in [3.05, 3.63) is 59.4 Å². The number of aryl methyl sites for hydroxylation is 1. The Balaban J connectivity index is 1.25. The number of carbonyl (C=O) groups is 1. The fraction of sp³-hybridized carbons (Fsp3) is 0.261. The molecule has 0 fully saturated rings. The summed E-state index contributed by atoms with van der Waals surface area (Å²) >= 11 is 1.62. The lowest BCUT2D eigenvalue weighted by Crippen LogP contribution is -2.05. The number of thiazole rings is 1. The van der Waals surface area contributed by atoms with Gasteiger partial charge in [0.25, 0.3) is 0 Å². The molecular formula is C23H23N3O4S. The van der Waals surface area contributed by atoms with E-state index in [0.29, 0.717) is 31.3 Å². The molecule has 2 N–H and O–H groups in total. The normalized spacial score (nSPS) is 11.0. The lowest BCUT2D eigenvalue weighted by atomic mass is 10.1.